The normalized spacial score (nSPS) is 22.4. The second-order valence-corrected chi connectivity index (χ2v) is 4.81. The summed E-state index contributed by atoms with van der Waals surface area (Å²) in [6.07, 6.45) is 2.72. The van der Waals surface area contributed by atoms with Crippen molar-refractivity contribution in [2.75, 3.05) is 17.7 Å². The van der Waals surface area contributed by atoms with E-state index in [0.717, 1.165) is 25.3 Å². The average Bonchev–Trinajstić information content (AvgIpc) is 2.80. The molecule has 2 rings (SSSR count). The van der Waals surface area contributed by atoms with E-state index in [1.807, 2.05) is 0 Å². The van der Waals surface area contributed by atoms with Gasteiger partial charge in [0, 0.05) is 18.6 Å². The first-order valence-electron chi connectivity index (χ1n) is 6.23. The predicted octanol–water partition coefficient (Wildman–Crippen LogP) is 1.68. The van der Waals surface area contributed by atoms with Gasteiger partial charge in [-0.1, -0.05) is 6.42 Å². The Kier molecular flexibility index (Phi) is 3.90. The second kappa shape index (κ2) is 5.44. The SMILES string of the molecule is Nc1c(F)ccc(NC2CCCC2CO)c1C(=O)O. The largest absolute Gasteiger partial charge is 0.478 e. The summed E-state index contributed by atoms with van der Waals surface area (Å²) < 4.78 is 13.3. The number of carbonyl (C=O) groups is 1. The van der Waals surface area contributed by atoms with Crippen molar-refractivity contribution in [3.8, 4) is 0 Å². The zero-order valence-corrected chi connectivity index (χ0v) is 10.4. The van der Waals surface area contributed by atoms with E-state index in [-0.39, 0.29) is 29.8 Å². The topological polar surface area (TPSA) is 95.6 Å². The third-order valence-electron chi connectivity index (χ3n) is 3.64. The zero-order valence-electron chi connectivity index (χ0n) is 10.4. The fraction of sp³-hybridized carbons (Fsp3) is 0.462. The number of anilines is 2. The lowest BCUT2D eigenvalue weighted by atomic mass is 10.0. The molecular weight excluding hydrogens is 251 g/mol. The molecular formula is C13H17FN2O3. The lowest BCUT2D eigenvalue weighted by Gasteiger charge is -2.22. The number of aliphatic hydroxyl groups is 1. The van der Waals surface area contributed by atoms with E-state index < -0.39 is 11.8 Å². The molecule has 0 aliphatic heterocycles. The van der Waals surface area contributed by atoms with Gasteiger partial charge in [0.05, 0.1) is 11.4 Å². The molecule has 0 aromatic heterocycles. The Bertz CT molecular complexity index is 493. The summed E-state index contributed by atoms with van der Waals surface area (Å²) in [5.74, 6) is -1.92. The Morgan fingerprint density at radius 3 is 2.84 bits per heavy atom. The van der Waals surface area contributed by atoms with Gasteiger partial charge >= 0.3 is 5.97 Å². The Labute approximate surface area is 110 Å². The molecule has 0 radical (unpaired) electrons. The van der Waals surface area contributed by atoms with Crippen molar-refractivity contribution in [3.63, 3.8) is 0 Å². The Hall–Kier alpha value is -1.82. The summed E-state index contributed by atoms with van der Waals surface area (Å²) in [4.78, 5) is 11.2. The van der Waals surface area contributed by atoms with Crippen molar-refractivity contribution in [3.05, 3.63) is 23.5 Å². The predicted molar refractivity (Wildman–Crippen MR) is 69.6 cm³/mol. The number of rotatable bonds is 4. The summed E-state index contributed by atoms with van der Waals surface area (Å²) in [5.41, 5.74) is 5.17. The molecule has 1 aromatic rings. The van der Waals surface area contributed by atoms with Crippen LogP contribution in [-0.4, -0.2) is 28.8 Å². The maximum Gasteiger partial charge on any atom is 0.340 e. The molecule has 6 heteroatoms. The van der Waals surface area contributed by atoms with E-state index in [0.29, 0.717) is 5.69 Å². The van der Waals surface area contributed by atoms with Crippen LogP contribution in [0, 0.1) is 11.7 Å². The third kappa shape index (κ3) is 2.63. The fourth-order valence-corrected chi connectivity index (χ4v) is 2.59. The summed E-state index contributed by atoms with van der Waals surface area (Å²) >= 11 is 0. The number of carboxylic acid groups (broad SMARTS) is 1. The smallest absolute Gasteiger partial charge is 0.340 e. The number of benzene rings is 1. The van der Waals surface area contributed by atoms with Gasteiger partial charge in [0.2, 0.25) is 0 Å². The van der Waals surface area contributed by atoms with Gasteiger partial charge in [-0.05, 0) is 25.0 Å². The minimum atomic E-state index is -1.27. The highest BCUT2D eigenvalue weighted by atomic mass is 19.1. The molecule has 0 amide bonds. The van der Waals surface area contributed by atoms with Crippen LogP contribution in [0.1, 0.15) is 29.6 Å². The average molecular weight is 268 g/mol. The van der Waals surface area contributed by atoms with Crippen LogP contribution in [0.15, 0.2) is 12.1 Å². The highest BCUT2D eigenvalue weighted by Gasteiger charge is 2.28. The minimum absolute atomic E-state index is 0.00652. The van der Waals surface area contributed by atoms with E-state index in [2.05, 4.69) is 5.32 Å². The van der Waals surface area contributed by atoms with Crippen LogP contribution < -0.4 is 11.1 Å². The quantitative estimate of drug-likeness (QED) is 0.623. The second-order valence-electron chi connectivity index (χ2n) is 4.81. The minimum Gasteiger partial charge on any atom is -0.478 e. The summed E-state index contributed by atoms with van der Waals surface area (Å²) in [7, 11) is 0. The van der Waals surface area contributed by atoms with Crippen molar-refractivity contribution in [2.45, 2.75) is 25.3 Å². The number of nitrogen functional groups attached to an aromatic ring is 1. The molecule has 1 fully saturated rings. The highest BCUT2D eigenvalue weighted by Crippen LogP contribution is 2.31. The molecule has 1 aromatic carbocycles. The van der Waals surface area contributed by atoms with Crippen LogP contribution in [0.25, 0.3) is 0 Å². The third-order valence-corrected chi connectivity index (χ3v) is 3.64. The summed E-state index contributed by atoms with van der Waals surface area (Å²) in [6.45, 7) is 0.0523. The van der Waals surface area contributed by atoms with Crippen molar-refractivity contribution in [2.24, 2.45) is 5.92 Å². The van der Waals surface area contributed by atoms with Crippen LogP contribution in [-0.2, 0) is 0 Å². The van der Waals surface area contributed by atoms with Gasteiger partial charge in [-0.2, -0.15) is 0 Å². The molecule has 2 atom stereocenters. The highest BCUT2D eigenvalue weighted by molar-refractivity contribution is 6.00. The van der Waals surface area contributed by atoms with Gasteiger partial charge in [-0.15, -0.1) is 0 Å². The molecule has 5 nitrogen and oxygen atoms in total. The Morgan fingerprint density at radius 2 is 2.21 bits per heavy atom. The summed E-state index contributed by atoms with van der Waals surface area (Å²) in [6, 6.07) is 2.52. The number of halogens is 1. The number of hydrogen-bond donors (Lipinski definition) is 4. The van der Waals surface area contributed by atoms with Gasteiger partial charge in [-0.3, -0.25) is 0 Å². The number of aromatic carboxylic acids is 1. The first-order chi connectivity index (χ1) is 9.04. The maximum atomic E-state index is 13.3. The molecule has 0 heterocycles. The molecule has 0 spiro atoms. The van der Waals surface area contributed by atoms with Crippen LogP contribution in [0.2, 0.25) is 0 Å². The van der Waals surface area contributed by atoms with Crippen molar-refractivity contribution in [1.29, 1.82) is 0 Å². The molecule has 19 heavy (non-hydrogen) atoms. The molecule has 2 unspecified atom stereocenters. The van der Waals surface area contributed by atoms with Gasteiger partial charge < -0.3 is 21.3 Å². The zero-order chi connectivity index (χ0) is 14.0. The van der Waals surface area contributed by atoms with Crippen LogP contribution in [0.4, 0.5) is 15.8 Å². The summed E-state index contributed by atoms with van der Waals surface area (Å²) in [5, 5.41) is 21.5. The molecule has 1 aliphatic rings. The van der Waals surface area contributed by atoms with Crippen LogP contribution in [0.3, 0.4) is 0 Å². The monoisotopic (exact) mass is 268 g/mol. The number of nitrogens with one attached hydrogen (secondary N) is 1. The molecule has 0 bridgehead atoms. The van der Waals surface area contributed by atoms with E-state index in [4.69, 9.17) is 10.8 Å². The van der Waals surface area contributed by atoms with E-state index in [1.165, 1.54) is 6.07 Å². The lowest BCUT2D eigenvalue weighted by molar-refractivity contribution is 0.0698. The molecule has 5 N–H and O–H groups in total. The van der Waals surface area contributed by atoms with Crippen molar-refractivity contribution < 1.29 is 19.4 Å². The number of hydrogen-bond acceptors (Lipinski definition) is 4. The van der Waals surface area contributed by atoms with Crippen molar-refractivity contribution >= 4 is 17.3 Å². The van der Waals surface area contributed by atoms with Crippen LogP contribution in [0.5, 0.6) is 0 Å². The van der Waals surface area contributed by atoms with Gasteiger partial charge in [0.15, 0.2) is 0 Å². The Balaban J connectivity index is 2.30. The van der Waals surface area contributed by atoms with Crippen LogP contribution >= 0.6 is 0 Å². The fourth-order valence-electron chi connectivity index (χ4n) is 2.59. The number of carboxylic acids is 1. The lowest BCUT2D eigenvalue weighted by Crippen LogP contribution is -2.27. The standard InChI is InChI=1S/C13H17FN2O3/c14-8-4-5-10(11(12(8)15)13(18)19)16-9-3-1-2-7(9)6-17/h4-5,7,9,16-17H,1-3,6,15H2,(H,18,19). The maximum absolute atomic E-state index is 13.3. The first-order valence-corrected chi connectivity index (χ1v) is 6.23. The number of nitrogens with two attached hydrogens (primary N) is 1. The van der Waals surface area contributed by atoms with E-state index in [9.17, 15) is 14.3 Å². The number of aliphatic hydroxyl groups excluding tert-OH is 1. The van der Waals surface area contributed by atoms with Gasteiger partial charge in [0.1, 0.15) is 11.4 Å². The first kappa shape index (κ1) is 13.6. The van der Waals surface area contributed by atoms with E-state index >= 15 is 0 Å². The van der Waals surface area contributed by atoms with E-state index in [1.54, 1.807) is 0 Å². The Morgan fingerprint density at radius 1 is 1.47 bits per heavy atom. The van der Waals surface area contributed by atoms with Gasteiger partial charge in [0.25, 0.3) is 0 Å². The van der Waals surface area contributed by atoms with Gasteiger partial charge in [-0.25, -0.2) is 9.18 Å². The molecule has 0 saturated heterocycles. The van der Waals surface area contributed by atoms with Crippen molar-refractivity contribution in [1.82, 2.24) is 0 Å². The molecule has 104 valence electrons. The molecule has 1 aliphatic carbocycles. The molecule has 1 saturated carbocycles.